The Morgan fingerprint density at radius 2 is 1.95 bits per heavy atom. The molecule has 1 unspecified atom stereocenters. The molecule has 0 spiro atoms. The summed E-state index contributed by atoms with van der Waals surface area (Å²) in [4.78, 5) is 0.232. The lowest BCUT2D eigenvalue weighted by molar-refractivity contribution is -0.135. The first-order valence-electron chi connectivity index (χ1n) is 6.52. The van der Waals surface area contributed by atoms with Gasteiger partial charge in [-0.05, 0) is 38.5 Å². The monoisotopic (exact) mass is 300 g/mol. The van der Waals surface area contributed by atoms with Crippen molar-refractivity contribution in [2.75, 3.05) is 12.4 Å². The predicted octanol–water partition coefficient (Wildman–Crippen LogP) is 1.67. The normalized spacial score (nSPS) is 23.7. The maximum absolute atomic E-state index is 12.3. The van der Waals surface area contributed by atoms with E-state index in [2.05, 4.69) is 0 Å². The summed E-state index contributed by atoms with van der Waals surface area (Å²) in [6.07, 6.45) is -1.06. The van der Waals surface area contributed by atoms with E-state index >= 15 is 0 Å². The first kappa shape index (κ1) is 15.4. The molecule has 0 amide bonds. The lowest BCUT2D eigenvalue weighted by Crippen LogP contribution is -2.26. The van der Waals surface area contributed by atoms with Crippen LogP contribution in [0.15, 0.2) is 29.2 Å². The van der Waals surface area contributed by atoms with E-state index in [-0.39, 0.29) is 17.3 Å². The standard InChI is InChI=1S/C14H20O5S/c1-10(15)11-4-6-13(7-5-11)20(16,17)9-12-8-18-14(2,3)19-12/h4-7,10,12,15H,8-9H2,1-3H3/t10-,12?/m0/s1. The summed E-state index contributed by atoms with van der Waals surface area (Å²) in [6.45, 7) is 5.43. The van der Waals surface area contributed by atoms with Crippen molar-refractivity contribution in [1.29, 1.82) is 0 Å². The Kier molecular flexibility index (Phi) is 4.20. The zero-order valence-corrected chi connectivity index (χ0v) is 12.7. The SMILES string of the molecule is C[C@H](O)c1ccc(S(=O)(=O)CC2COC(C)(C)O2)cc1. The second kappa shape index (κ2) is 5.44. The summed E-state index contributed by atoms with van der Waals surface area (Å²) < 4.78 is 35.5. The van der Waals surface area contributed by atoms with Crippen molar-refractivity contribution in [3.63, 3.8) is 0 Å². The largest absolute Gasteiger partial charge is 0.389 e. The summed E-state index contributed by atoms with van der Waals surface area (Å²) >= 11 is 0. The maximum atomic E-state index is 12.3. The number of aliphatic hydroxyl groups is 1. The van der Waals surface area contributed by atoms with Gasteiger partial charge in [0.2, 0.25) is 0 Å². The van der Waals surface area contributed by atoms with Gasteiger partial charge in [-0.2, -0.15) is 0 Å². The molecule has 1 aliphatic rings. The molecule has 20 heavy (non-hydrogen) atoms. The molecule has 5 nitrogen and oxygen atoms in total. The number of aliphatic hydroxyl groups excluding tert-OH is 1. The maximum Gasteiger partial charge on any atom is 0.181 e. The zero-order chi connectivity index (χ0) is 15.0. The Balaban J connectivity index is 2.11. The Labute approximate surface area is 119 Å². The van der Waals surface area contributed by atoms with E-state index in [1.54, 1.807) is 32.9 Å². The van der Waals surface area contributed by atoms with Crippen molar-refractivity contribution in [3.8, 4) is 0 Å². The Hall–Kier alpha value is -0.950. The number of rotatable bonds is 4. The van der Waals surface area contributed by atoms with Gasteiger partial charge in [-0.15, -0.1) is 0 Å². The first-order valence-corrected chi connectivity index (χ1v) is 8.17. The molecule has 6 heteroatoms. The van der Waals surface area contributed by atoms with Crippen molar-refractivity contribution in [2.45, 2.75) is 43.7 Å². The van der Waals surface area contributed by atoms with Gasteiger partial charge in [-0.1, -0.05) is 12.1 Å². The van der Waals surface area contributed by atoms with Crippen LogP contribution in [0.1, 0.15) is 32.4 Å². The minimum atomic E-state index is -3.42. The summed E-state index contributed by atoms with van der Waals surface area (Å²) in [7, 11) is -3.42. The molecule has 1 fully saturated rings. The number of sulfone groups is 1. The lowest BCUT2D eigenvalue weighted by Gasteiger charge is -2.17. The number of benzene rings is 1. The van der Waals surface area contributed by atoms with Gasteiger partial charge >= 0.3 is 0 Å². The number of ether oxygens (including phenoxy) is 2. The molecule has 2 atom stereocenters. The third kappa shape index (κ3) is 3.58. The number of hydrogen-bond donors (Lipinski definition) is 1. The van der Waals surface area contributed by atoms with Gasteiger partial charge in [0, 0.05) is 0 Å². The van der Waals surface area contributed by atoms with Crippen LogP contribution in [0.5, 0.6) is 0 Å². The molecule has 112 valence electrons. The average molecular weight is 300 g/mol. The van der Waals surface area contributed by atoms with E-state index in [4.69, 9.17) is 9.47 Å². The van der Waals surface area contributed by atoms with Crippen molar-refractivity contribution in [2.24, 2.45) is 0 Å². The molecule has 1 N–H and O–H groups in total. The molecule has 0 aliphatic carbocycles. The second-order valence-electron chi connectivity index (χ2n) is 5.48. The third-order valence-corrected chi connectivity index (χ3v) is 5.00. The fraction of sp³-hybridized carbons (Fsp3) is 0.571. The fourth-order valence-electron chi connectivity index (χ4n) is 2.14. The van der Waals surface area contributed by atoms with Crippen LogP contribution < -0.4 is 0 Å². The van der Waals surface area contributed by atoms with Crippen LogP contribution in [0, 0.1) is 0 Å². The Morgan fingerprint density at radius 3 is 2.40 bits per heavy atom. The molecule has 0 radical (unpaired) electrons. The average Bonchev–Trinajstić information content (AvgIpc) is 2.68. The fourth-order valence-corrected chi connectivity index (χ4v) is 3.54. The van der Waals surface area contributed by atoms with E-state index in [1.165, 1.54) is 12.1 Å². The summed E-state index contributed by atoms with van der Waals surface area (Å²) in [5.74, 6) is -0.833. The van der Waals surface area contributed by atoms with Crippen molar-refractivity contribution < 1.29 is 23.0 Å². The predicted molar refractivity (Wildman–Crippen MR) is 74.0 cm³/mol. The van der Waals surface area contributed by atoms with Gasteiger partial charge in [-0.25, -0.2) is 8.42 Å². The van der Waals surface area contributed by atoms with Crippen LogP contribution in [0.4, 0.5) is 0 Å². The Morgan fingerprint density at radius 1 is 1.35 bits per heavy atom. The molecular formula is C14H20O5S. The molecule has 0 saturated carbocycles. The van der Waals surface area contributed by atoms with Crippen LogP contribution in [0.3, 0.4) is 0 Å². The molecule has 0 bridgehead atoms. The van der Waals surface area contributed by atoms with Gasteiger partial charge in [0.25, 0.3) is 0 Å². The minimum Gasteiger partial charge on any atom is -0.389 e. The molecule has 1 aromatic carbocycles. The molecular weight excluding hydrogens is 280 g/mol. The third-order valence-electron chi connectivity index (χ3n) is 3.19. The first-order chi connectivity index (χ1) is 9.20. The van der Waals surface area contributed by atoms with Crippen LogP contribution in [0.2, 0.25) is 0 Å². The summed E-state index contributed by atoms with van der Waals surface area (Å²) in [5, 5.41) is 9.42. The van der Waals surface area contributed by atoms with Crippen LogP contribution >= 0.6 is 0 Å². The van der Waals surface area contributed by atoms with Gasteiger partial charge in [0.1, 0.15) is 0 Å². The Bertz CT molecular complexity index is 560. The quantitative estimate of drug-likeness (QED) is 0.915. The molecule has 2 rings (SSSR count). The highest BCUT2D eigenvalue weighted by Crippen LogP contribution is 2.25. The highest BCUT2D eigenvalue weighted by molar-refractivity contribution is 7.91. The van der Waals surface area contributed by atoms with Crippen LogP contribution in [-0.2, 0) is 19.3 Å². The highest BCUT2D eigenvalue weighted by atomic mass is 32.2. The van der Waals surface area contributed by atoms with Crippen LogP contribution in [-0.4, -0.2) is 37.8 Å². The van der Waals surface area contributed by atoms with Crippen LogP contribution in [0.25, 0.3) is 0 Å². The molecule has 1 saturated heterocycles. The van der Waals surface area contributed by atoms with E-state index in [0.717, 1.165) is 0 Å². The van der Waals surface area contributed by atoms with E-state index < -0.39 is 27.8 Å². The summed E-state index contributed by atoms with van der Waals surface area (Å²) in [5.41, 5.74) is 0.686. The van der Waals surface area contributed by atoms with E-state index in [0.29, 0.717) is 5.56 Å². The minimum absolute atomic E-state index is 0.107. The van der Waals surface area contributed by atoms with Crippen molar-refractivity contribution in [3.05, 3.63) is 29.8 Å². The molecule has 1 aliphatic heterocycles. The van der Waals surface area contributed by atoms with E-state index in [1.807, 2.05) is 0 Å². The zero-order valence-electron chi connectivity index (χ0n) is 11.9. The topological polar surface area (TPSA) is 72.8 Å². The van der Waals surface area contributed by atoms with Gasteiger partial charge < -0.3 is 14.6 Å². The second-order valence-corrected chi connectivity index (χ2v) is 7.51. The van der Waals surface area contributed by atoms with Gasteiger partial charge in [-0.3, -0.25) is 0 Å². The van der Waals surface area contributed by atoms with Crippen molar-refractivity contribution in [1.82, 2.24) is 0 Å². The highest BCUT2D eigenvalue weighted by Gasteiger charge is 2.35. The molecule has 1 heterocycles. The number of hydrogen-bond acceptors (Lipinski definition) is 5. The van der Waals surface area contributed by atoms with E-state index in [9.17, 15) is 13.5 Å². The lowest BCUT2D eigenvalue weighted by atomic mass is 10.1. The van der Waals surface area contributed by atoms with Crippen molar-refractivity contribution >= 4 is 9.84 Å². The van der Waals surface area contributed by atoms with Gasteiger partial charge in [0.15, 0.2) is 15.6 Å². The molecule has 1 aromatic rings. The summed E-state index contributed by atoms with van der Waals surface area (Å²) in [6, 6.07) is 6.26. The van der Waals surface area contributed by atoms with Gasteiger partial charge in [0.05, 0.1) is 29.5 Å². The molecule has 0 aromatic heterocycles. The smallest absolute Gasteiger partial charge is 0.181 e.